The maximum absolute atomic E-state index is 11.1. The minimum Gasteiger partial charge on any atom is -0.398 e. The van der Waals surface area contributed by atoms with Crippen LogP contribution in [0.4, 0.5) is 5.69 Å². The molecule has 76 valence electrons. The van der Waals surface area contributed by atoms with E-state index < -0.39 is 0 Å². The van der Waals surface area contributed by atoms with Crippen molar-refractivity contribution in [3.05, 3.63) is 28.3 Å². The highest BCUT2D eigenvalue weighted by molar-refractivity contribution is 5.81. The van der Waals surface area contributed by atoms with E-state index >= 15 is 0 Å². The maximum Gasteiger partial charge on any atom is 0.134 e. The number of carbonyl (C=O) groups excluding carboxylic acids is 1. The lowest BCUT2D eigenvalue weighted by Crippen LogP contribution is -2.06. The Morgan fingerprint density at radius 3 is 2.36 bits per heavy atom. The minimum atomic E-state index is 0.156. The molecule has 0 spiro atoms. The van der Waals surface area contributed by atoms with E-state index in [4.69, 9.17) is 5.73 Å². The summed E-state index contributed by atoms with van der Waals surface area (Å²) in [4.78, 5) is 11.1. The van der Waals surface area contributed by atoms with Gasteiger partial charge in [0.25, 0.3) is 0 Å². The summed E-state index contributed by atoms with van der Waals surface area (Å²) in [5.74, 6) is 0.156. The average molecular weight is 191 g/mol. The molecule has 0 saturated carbocycles. The predicted molar refractivity (Wildman–Crippen MR) is 59.5 cm³/mol. The second kappa shape index (κ2) is 3.82. The van der Waals surface area contributed by atoms with Crippen LogP contribution < -0.4 is 5.73 Å². The topological polar surface area (TPSA) is 43.1 Å². The molecule has 2 heteroatoms. The van der Waals surface area contributed by atoms with Gasteiger partial charge >= 0.3 is 0 Å². The van der Waals surface area contributed by atoms with Gasteiger partial charge in [-0.25, -0.2) is 0 Å². The SMILES string of the molecule is CC(=O)Cc1c(C)cc(C)c(C)c1N. The Balaban J connectivity index is 3.29. The number of anilines is 1. The van der Waals surface area contributed by atoms with Gasteiger partial charge in [-0.05, 0) is 49.9 Å². The lowest BCUT2D eigenvalue weighted by Gasteiger charge is -2.13. The third-order valence-electron chi connectivity index (χ3n) is 2.66. The molecule has 0 atom stereocenters. The first-order valence-electron chi connectivity index (χ1n) is 4.78. The van der Waals surface area contributed by atoms with Crippen LogP contribution in [0.3, 0.4) is 0 Å². The molecule has 2 N–H and O–H groups in total. The molecule has 0 aliphatic carbocycles. The molecule has 0 aliphatic rings. The number of carbonyl (C=O) groups is 1. The van der Waals surface area contributed by atoms with Crippen LogP contribution in [0.1, 0.15) is 29.2 Å². The maximum atomic E-state index is 11.1. The van der Waals surface area contributed by atoms with Crippen LogP contribution in [0.5, 0.6) is 0 Å². The fraction of sp³-hybridized carbons (Fsp3) is 0.417. The van der Waals surface area contributed by atoms with Gasteiger partial charge in [-0.3, -0.25) is 4.79 Å². The first-order chi connectivity index (χ1) is 6.43. The average Bonchev–Trinajstić information content (AvgIpc) is 2.09. The van der Waals surface area contributed by atoms with Gasteiger partial charge in [0.2, 0.25) is 0 Å². The Kier molecular flexibility index (Phi) is 2.94. The summed E-state index contributed by atoms with van der Waals surface area (Å²) >= 11 is 0. The van der Waals surface area contributed by atoms with E-state index in [0.717, 1.165) is 22.4 Å². The largest absolute Gasteiger partial charge is 0.398 e. The molecule has 0 aromatic heterocycles. The third kappa shape index (κ3) is 1.95. The molecule has 2 nitrogen and oxygen atoms in total. The number of ketones is 1. The third-order valence-corrected chi connectivity index (χ3v) is 2.66. The first-order valence-corrected chi connectivity index (χ1v) is 4.78. The predicted octanol–water partition coefficient (Wildman–Crippen LogP) is 2.33. The fourth-order valence-corrected chi connectivity index (χ4v) is 1.65. The molecular formula is C12H17NO. The van der Waals surface area contributed by atoms with Gasteiger partial charge in [-0.2, -0.15) is 0 Å². The summed E-state index contributed by atoms with van der Waals surface area (Å²) in [6.07, 6.45) is 0.443. The molecule has 0 fully saturated rings. The highest BCUT2D eigenvalue weighted by Gasteiger charge is 2.10. The van der Waals surface area contributed by atoms with Crippen molar-refractivity contribution in [2.24, 2.45) is 0 Å². The van der Waals surface area contributed by atoms with E-state index in [1.807, 2.05) is 20.8 Å². The molecule has 0 bridgehead atoms. The summed E-state index contributed by atoms with van der Waals surface area (Å²) in [5, 5.41) is 0. The zero-order valence-electron chi connectivity index (χ0n) is 9.27. The Morgan fingerprint density at radius 1 is 1.29 bits per heavy atom. The lowest BCUT2D eigenvalue weighted by molar-refractivity contribution is -0.116. The molecular weight excluding hydrogens is 174 g/mol. The van der Waals surface area contributed by atoms with Crippen molar-refractivity contribution >= 4 is 11.5 Å². The number of nitrogens with two attached hydrogens (primary N) is 1. The number of hydrogen-bond acceptors (Lipinski definition) is 2. The smallest absolute Gasteiger partial charge is 0.134 e. The molecule has 1 aromatic rings. The van der Waals surface area contributed by atoms with Crippen LogP contribution in [-0.2, 0) is 11.2 Å². The van der Waals surface area contributed by atoms with E-state index in [2.05, 4.69) is 6.07 Å². The Morgan fingerprint density at radius 2 is 1.86 bits per heavy atom. The van der Waals surface area contributed by atoms with Gasteiger partial charge in [-0.15, -0.1) is 0 Å². The molecule has 0 aliphatic heterocycles. The zero-order chi connectivity index (χ0) is 10.9. The Hall–Kier alpha value is -1.31. The number of benzene rings is 1. The van der Waals surface area contributed by atoms with Crippen LogP contribution in [0.25, 0.3) is 0 Å². The van der Waals surface area contributed by atoms with Crippen LogP contribution in [-0.4, -0.2) is 5.78 Å². The summed E-state index contributed by atoms with van der Waals surface area (Å²) in [6, 6.07) is 2.09. The summed E-state index contributed by atoms with van der Waals surface area (Å²) in [5.41, 5.74) is 11.1. The Bertz CT molecular complexity index is 380. The first kappa shape index (κ1) is 10.8. The molecule has 0 radical (unpaired) electrons. The van der Waals surface area contributed by atoms with Gasteiger partial charge in [0, 0.05) is 12.1 Å². The number of Topliss-reactive ketones (excluding diaryl/α,β-unsaturated/α-hetero) is 1. The van der Waals surface area contributed by atoms with Crippen molar-refractivity contribution in [2.45, 2.75) is 34.1 Å². The number of aryl methyl sites for hydroxylation is 2. The summed E-state index contributed by atoms with van der Waals surface area (Å²) < 4.78 is 0. The molecule has 0 unspecified atom stereocenters. The highest BCUT2D eigenvalue weighted by atomic mass is 16.1. The van der Waals surface area contributed by atoms with Crippen molar-refractivity contribution in [1.29, 1.82) is 0 Å². The van der Waals surface area contributed by atoms with Crippen LogP contribution in [0.2, 0.25) is 0 Å². The number of nitrogen functional groups attached to an aromatic ring is 1. The van der Waals surface area contributed by atoms with Crippen LogP contribution in [0.15, 0.2) is 6.07 Å². The van der Waals surface area contributed by atoms with E-state index in [9.17, 15) is 4.79 Å². The molecule has 0 heterocycles. The normalized spacial score (nSPS) is 10.3. The summed E-state index contributed by atoms with van der Waals surface area (Å²) in [6.45, 7) is 7.62. The van der Waals surface area contributed by atoms with Gasteiger partial charge in [-0.1, -0.05) is 6.07 Å². The monoisotopic (exact) mass is 191 g/mol. The summed E-state index contributed by atoms with van der Waals surface area (Å²) in [7, 11) is 0. The van der Waals surface area contributed by atoms with Gasteiger partial charge in [0.15, 0.2) is 0 Å². The van der Waals surface area contributed by atoms with Crippen molar-refractivity contribution in [2.75, 3.05) is 5.73 Å². The zero-order valence-corrected chi connectivity index (χ0v) is 9.27. The van der Waals surface area contributed by atoms with Crippen molar-refractivity contribution < 1.29 is 4.79 Å². The fourth-order valence-electron chi connectivity index (χ4n) is 1.65. The van der Waals surface area contributed by atoms with E-state index in [0.29, 0.717) is 6.42 Å². The number of hydrogen-bond donors (Lipinski definition) is 1. The number of rotatable bonds is 2. The second-order valence-electron chi connectivity index (χ2n) is 3.91. The van der Waals surface area contributed by atoms with Crippen molar-refractivity contribution in [3.63, 3.8) is 0 Å². The minimum absolute atomic E-state index is 0.156. The lowest BCUT2D eigenvalue weighted by atomic mass is 9.95. The molecule has 14 heavy (non-hydrogen) atoms. The van der Waals surface area contributed by atoms with Crippen LogP contribution in [0, 0.1) is 20.8 Å². The molecule has 0 amide bonds. The van der Waals surface area contributed by atoms with E-state index in [1.54, 1.807) is 6.92 Å². The van der Waals surface area contributed by atoms with E-state index in [1.165, 1.54) is 5.56 Å². The molecule has 0 saturated heterocycles. The van der Waals surface area contributed by atoms with Crippen LogP contribution >= 0.6 is 0 Å². The quantitative estimate of drug-likeness (QED) is 0.729. The highest BCUT2D eigenvalue weighted by Crippen LogP contribution is 2.24. The molecule has 1 aromatic carbocycles. The molecule has 1 rings (SSSR count). The van der Waals surface area contributed by atoms with Crippen molar-refractivity contribution in [1.82, 2.24) is 0 Å². The van der Waals surface area contributed by atoms with E-state index in [-0.39, 0.29) is 5.78 Å². The van der Waals surface area contributed by atoms with Gasteiger partial charge < -0.3 is 5.73 Å². The van der Waals surface area contributed by atoms with Gasteiger partial charge in [0.1, 0.15) is 5.78 Å². The standard InChI is InChI=1S/C12H17NO/c1-7-5-8(2)11(6-9(3)14)12(13)10(7)4/h5H,6,13H2,1-4H3. The van der Waals surface area contributed by atoms with Crippen molar-refractivity contribution in [3.8, 4) is 0 Å². The van der Waals surface area contributed by atoms with Gasteiger partial charge in [0.05, 0.1) is 0 Å². The second-order valence-corrected chi connectivity index (χ2v) is 3.91. The Labute approximate surface area is 85.1 Å².